The van der Waals surface area contributed by atoms with E-state index < -0.39 is 0 Å². The number of halogens is 1. The van der Waals surface area contributed by atoms with Crippen molar-refractivity contribution >= 4 is 34.5 Å². The van der Waals surface area contributed by atoms with Gasteiger partial charge in [0, 0.05) is 24.3 Å². The predicted molar refractivity (Wildman–Crippen MR) is 82.5 cm³/mol. The van der Waals surface area contributed by atoms with Crippen LogP contribution in [0.5, 0.6) is 0 Å². The number of anilines is 1. The van der Waals surface area contributed by atoms with E-state index in [0.29, 0.717) is 10.0 Å². The van der Waals surface area contributed by atoms with Crippen molar-refractivity contribution in [1.29, 1.82) is 0 Å². The second-order valence-electron chi connectivity index (χ2n) is 5.27. The zero-order valence-electron chi connectivity index (χ0n) is 10.8. The molecule has 2 N–H and O–H groups in total. The fraction of sp³-hybridized carbons (Fsp3) is 0.500. The van der Waals surface area contributed by atoms with Gasteiger partial charge in [0.2, 0.25) is 0 Å². The van der Waals surface area contributed by atoms with Gasteiger partial charge in [-0.2, -0.15) is 0 Å². The van der Waals surface area contributed by atoms with Crippen molar-refractivity contribution in [3.63, 3.8) is 0 Å². The third-order valence-corrected chi connectivity index (χ3v) is 4.28. The van der Waals surface area contributed by atoms with E-state index in [-0.39, 0.29) is 0 Å². The molecule has 1 aliphatic heterocycles. The number of nitrogens with zero attached hydrogens (tertiary/aromatic N) is 1. The van der Waals surface area contributed by atoms with Crippen LogP contribution in [0.2, 0.25) is 5.02 Å². The molecule has 2 rings (SSSR count). The van der Waals surface area contributed by atoms with Gasteiger partial charge in [0.05, 0.1) is 5.02 Å². The molecule has 1 fully saturated rings. The summed E-state index contributed by atoms with van der Waals surface area (Å²) in [6, 6.07) is 5.95. The quantitative estimate of drug-likeness (QED) is 0.861. The van der Waals surface area contributed by atoms with Crippen molar-refractivity contribution < 1.29 is 0 Å². The Labute approximate surface area is 119 Å². The average Bonchev–Trinajstić information content (AvgIpc) is 2.77. The Kier molecular flexibility index (Phi) is 4.13. The largest absolute Gasteiger partial charge is 0.389 e. The van der Waals surface area contributed by atoms with Crippen molar-refractivity contribution in [2.75, 3.05) is 18.0 Å². The van der Waals surface area contributed by atoms with Gasteiger partial charge < -0.3 is 10.6 Å². The van der Waals surface area contributed by atoms with Gasteiger partial charge in [0.25, 0.3) is 0 Å². The fourth-order valence-corrected chi connectivity index (χ4v) is 2.98. The van der Waals surface area contributed by atoms with Crippen molar-refractivity contribution in [2.45, 2.75) is 20.3 Å². The predicted octanol–water partition coefficient (Wildman–Crippen LogP) is 3.46. The fourth-order valence-electron chi connectivity index (χ4n) is 2.47. The topological polar surface area (TPSA) is 29.3 Å². The molecule has 1 aromatic carbocycles. The third kappa shape index (κ3) is 2.78. The maximum atomic E-state index is 6.21. The molecule has 1 heterocycles. The van der Waals surface area contributed by atoms with Gasteiger partial charge in [-0.1, -0.05) is 37.7 Å². The maximum Gasteiger partial charge on any atom is 0.105 e. The minimum Gasteiger partial charge on any atom is -0.389 e. The Morgan fingerprint density at radius 1 is 1.50 bits per heavy atom. The van der Waals surface area contributed by atoms with E-state index in [4.69, 9.17) is 29.6 Å². The Morgan fingerprint density at radius 2 is 2.22 bits per heavy atom. The lowest BCUT2D eigenvalue weighted by atomic mass is 9.95. The minimum absolute atomic E-state index is 0.355. The van der Waals surface area contributed by atoms with Crippen LogP contribution < -0.4 is 10.6 Å². The van der Waals surface area contributed by atoms with Crippen LogP contribution in [-0.2, 0) is 0 Å². The SMILES string of the molecule is CC(C)C1CCN(c2ccc(C(N)=S)c(Cl)c2)C1. The number of hydrogen-bond donors (Lipinski definition) is 1. The molecule has 0 radical (unpaired) electrons. The summed E-state index contributed by atoms with van der Waals surface area (Å²) < 4.78 is 0. The first-order chi connectivity index (χ1) is 8.49. The van der Waals surface area contributed by atoms with Gasteiger partial charge in [-0.05, 0) is 36.5 Å². The van der Waals surface area contributed by atoms with Gasteiger partial charge in [-0.25, -0.2) is 0 Å². The molecule has 1 unspecified atom stereocenters. The van der Waals surface area contributed by atoms with Crippen LogP contribution in [0.4, 0.5) is 5.69 Å². The van der Waals surface area contributed by atoms with Crippen LogP contribution in [-0.4, -0.2) is 18.1 Å². The number of benzene rings is 1. The summed E-state index contributed by atoms with van der Waals surface area (Å²) in [7, 11) is 0. The maximum absolute atomic E-state index is 6.21. The number of rotatable bonds is 3. The minimum atomic E-state index is 0.355. The van der Waals surface area contributed by atoms with E-state index >= 15 is 0 Å². The zero-order chi connectivity index (χ0) is 13.3. The van der Waals surface area contributed by atoms with E-state index in [1.807, 2.05) is 12.1 Å². The van der Waals surface area contributed by atoms with Crippen LogP contribution in [0.1, 0.15) is 25.8 Å². The Morgan fingerprint density at radius 3 is 2.72 bits per heavy atom. The van der Waals surface area contributed by atoms with E-state index in [2.05, 4.69) is 24.8 Å². The zero-order valence-corrected chi connectivity index (χ0v) is 12.4. The smallest absolute Gasteiger partial charge is 0.105 e. The number of hydrogen-bond acceptors (Lipinski definition) is 2. The molecule has 0 bridgehead atoms. The number of nitrogens with two attached hydrogens (primary N) is 1. The molecule has 4 heteroatoms. The monoisotopic (exact) mass is 282 g/mol. The highest BCUT2D eigenvalue weighted by atomic mass is 35.5. The molecule has 0 amide bonds. The standard InChI is InChI=1S/C14H19ClN2S/c1-9(2)10-5-6-17(8-10)11-3-4-12(14(16)18)13(15)7-11/h3-4,7,9-10H,5-6,8H2,1-2H3,(H2,16,18). The van der Waals surface area contributed by atoms with Crippen LogP contribution in [0.3, 0.4) is 0 Å². The van der Waals surface area contributed by atoms with Crippen LogP contribution in [0.25, 0.3) is 0 Å². The summed E-state index contributed by atoms with van der Waals surface area (Å²) in [6.45, 7) is 6.79. The first-order valence-corrected chi connectivity index (χ1v) is 7.12. The molecule has 0 saturated carbocycles. The Bertz CT molecular complexity index is 459. The van der Waals surface area contributed by atoms with Crippen molar-refractivity contribution in [3.05, 3.63) is 28.8 Å². The lowest BCUT2D eigenvalue weighted by Gasteiger charge is -2.20. The molecular formula is C14H19ClN2S. The molecule has 18 heavy (non-hydrogen) atoms. The average molecular weight is 283 g/mol. The lowest BCUT2D eigenvalue weighted by Crippen LogP contribution is -2.21. The highest BCUT2D eigenvalue weighted by molar-refractivity contribution is 7.80. The van der Waals surface area contributed by atoms with Crippen LogP contribution >= 0.6 is 23.8 Å². The molecule has 1 aromatic rings. The highest BCUT2D eigenvalue weighted by Crippen LogP contribution is 2.30. The lowest BCUT2D eigenvalue weighted by molar-refractivity contribution is 0.423. The van der Waals surface area contributed by atoms with Crippen molar-refractivity contribution in [2.24, 2.45) is 17.6 Å². The summed E-state index contributed by atoms with van der Waals surface area (Å²) >= 11 is 11.2. The van der Waals surface area contributed by atoms with E-state index in [0.717, 1.165) is 30.5 Å². The summed E-state index contributed by atoms with van der Waals surface area (Å²) in [6.07, 6.45) is 1.26. The Balaban J connectivity index is 2.16. The van der Waals surface area contributed by atoms with Gasteiger partial charge in [0.15, 0.2) is 0 Å². The second-order valence-corrected chi connectivity index (χ2v) is 6.11. The van der Waals surface area contributed by atoms with E-state index in [1.165, 1.54) is 12.1 Å². The van der Waals surface area contributed by atoms with Gasteiger partial charge in [-0.3, -0.25) is 0 Å². The molecule has 2 nitrogen and oxygen atoms in total. The van der Waals surface area contributed by atoms with E-state index in [1.54, 1.807) is 0 Å². The molecule has 0 aliphatic carbocycles. The van der Waals surface area contributed by atoms with Gasteiger partial charge >= 0.3 is 0 Å². The first kappa shape index (κ1) is 13.6. The molecule has 0 spiro atoms. The highest BCUT2D eigenvalue weighted by Gasteiger charge is 2.25. The summed E-state index contributed by atoms with van der Waals surface area (Å²) in [5.74, 6) is 1.51. The van der Waals surface area contributed by atoms with Crippen LogP contribution in [0.15, 0.2) is 18.2 Å². The van der Waals surface area contributed by atoms with E-state index in [9.17, 15) is 0 Å². The molecule has 98 valence electrons. The Hall–Kier alpha value is -0.800. The summed E-state index contributed by atoms with van der Waals surface area (Å²) in [4.78, 5) is 2.74. The van der Waals surface area contributed by atoms with Gasteiger partial charge in [0.1, 0.15) is 4.99 Å². The molecule has 0 aromatic heterocycles. The summed E-state index contributed by atoms with van der Waals surface area (Å²) in [5.41, 5.74) is 7.54. The van der Waals surface area contributed by atoms with Crippen molar-refractivity contribution in [1.82, 2.24) is 0 Å². The number of thiocarbonyl (C=S) groups is 1. The van der Waals surface area contributed by atoms with Crippen molar-refractivity contribution in [3.8, 4) is 0 Å². The molecule has 1 aliphatic rings. The molecule has 1 atom stereocenters. The molecule has 1 saturated heterocycles. The summed E-state index contributed by atoms with van der Waals surface area (Å²) in [5, 5.41) is 0.646. The third-order valence-electron chi connectivity index (χ3n) is 3.75. The van der Waals surface area contributed by atoms with Crippen LogP contribution in [0, 0.1) is 11.8 Å². The second kappa shape index (κ2) is 5.45. The van der Waals surface area contributed by atoms with Gasteiger partial charge in [-0.15, -0.1) is 0 Å². The first-order valence-electron chi connectivity index (χ1n) is 6.33. The normalized spacial score (nSPS) is 19.6. The molecular weight excluding hydrogens is 264 g/mol.